The Morgan fingerprint density at radius 2 is 1.67 bits per heavy atom. The zero-order valence-corrected chi connectivity index (χ0v) is 29.4. The number of benzene rings is 3. The van der Waals surface area contributed by atoms with Gasteiger partial charge in [0.15, 0.2) is 11.5 Å². The van der Waals surface area contributed by atoms with E-state index in [4.69, 9.17) is 11.6 Å². The number of hydrogen-bond donors (Lipinski definition) is 2. The Labute approximate surface area is 308 Å². The van der Waals surface area contributed by atoms with E-state index in [9.17, 15) is 53.1 Å². The van der Waals surface area contributed by atoms with Gasteiger partial charge in [0, 0.05) is 25.7 Å². The van der Waals surface area contributed by atoms with Crippen LogP contribution in [0.3, 0.4) is 0 Å². The van der Waals surface area contributed by atoms with Gasteiger partial charge in [-0.25, -0.2) is 22.2 Å². The molecule has 0 bridgehead atoms. The van der Waals surface area contributed by atoms with E-state index in [1.165, 1.54) is 19.2 Å². The fourth-order valence-corrected chi connectivity index (χ4v) is 6.53. The van der Waals surface area contributed by atoms with Crippen LogP contribution in [0.4, 0.5) is 40.9 Å². The molecule has 1 atom stereocenters. The van der Waals surface area contributed by atoms with Crippen LogP contribution in [0.15, 0.2) is 65.6 Å². The van der Waals surface area contributed by atoms with Gasteiger partial charge < -0.3 is 10.1 Å². The summed E-state index contributed by atoms with van der Waals surface area (Å²) < 4.78 is 141. The number of hydrogen-bond acceptors (Lipinski definition) is 8. The van der Waals surface area contributed by atoms with Crippen LogP contribution in [0.2, 0.25) is 5.02 Å². The molecule has 0 fully saturated rings. The predicted octanol–water partition coefficient (Wildman–Crippen LogP) is 5.79. The third-order valence-electron chi connectivity index (χ3n) is 7.78. The smallest absolute Gasteiger partial charge is 0.406 e. The summed E-state index contributed by atoms with van der Waals surface area (Å²) in [5, 5.41) is 9.44. The lowest BCUT2D eigenvalue weighted by atomic mass is 10.0. The van der Waals surface area contributed by atoms with Crippen molar-refractivity contribution in [1.82, 2.24) is 34.4 Å². The van der Waals surface area contributed by atoms with Crippen LogP contribution in [0.1, 0.15) is 23.1 Å². The van der Waals surface area contributed by atoms with Crippen molar-refractivity contribution in [3.63, 3.8) is 0 Å². The number of carbonyl (C=O) groups is 1. The number of nitrogens with zero attached hydrogens (tertiary/aromatic N) is 6. The van der Waals surface area contributed by atoms with Gasteiger partial charge in [-0.2, -0.15) is 23.4 Å². The lowest BCUT2D eigenvalue weighted by molar-refractivity contribution is -0.274. The summed E-state index contributed by atoms with van der Waals surface area (Å²) in [5.74, 6) is -4.57. The van der Waals surface area contributed by atoms with Crippen molar-refractivity contribution in [3.8, 4) is 11.4 Å². The number of aromatic nitrogens is 6. The van der Waals surface area contributed by atoms with Crippen LogP contribution in [0.5, 0.6) is 5.75 Å². The Hall–Kier alpha value is -5.77. The van der Waals surface area contributed by atoms with Gasteiger partial charge in [-0.05, 0) is 54.1 Å². The maximum Gasteiger partial charge on any atom is 0.573 e. The molecule has 0 saturated carbocycles. The largest absolute Gasteiger partial charge is 0.573 e. The number of amides is 1. The summed E-state index contributed by atoms with van der Waals surface area (Å²) in [7, 11) is -2.62. The number of nitrogens with one attached hydrogen (secondary N) is 2. The van der Waals surface area contributed by atoms with E-state index < -0.39 is 87.3 Å². The average Bonchev–Trinajstić information content (AvgIpc) is 3.64. The molecule has 13 nitrogen and oxygen atoms in total. The summed E-state index contributed by atoms with van der Waals surface area (Å²) in [5.41, 5.74) is -2.94. The number of anilines is 1. The highest BCUT2D eigenvalue weighted by atomic mass is 35.5. The molecule has 290 valence electrons. The van der Waals surface area contributed by atoms with Crippen molar-refractivity contribution in [2.75, 3.05) is 11.0 Å². The molecule has 1 amide bonds. The number of carbonyl (C=O) groups excluding carboxylic acids is 1. The molecule has 0 spiro atoms. The monoisotopic (exact) mass is 818 g/mol. The Bertz CT molecular complexity index is 2640. The molecular weight excluding hydrogens is 796 g/mol. The van der Waals surface area contributed by atoms with E-state index in [0.717, 1.165) is 52.0 Å². The van der Waals surface area contributed by atoms with Crippen molar-refractivity contribution in [1.29, 1.82) is 0 Å². The quantitative estimate of drug-likeness (QED) is 0.165. The first kappa shape index (κ1) is 38.9. The van der Waals surface area contributed by atoms with Gasteiger partial charge in [-0.1, -0.05) is 11.6 Å². The molecule has 0 aliphatic heterocycles. The number of sulfonamides is 1. The molecule has 23 heteroatoms. The van der Waals surface area contributed by atoms with Crippen LogP contribution in [-0.2, 0) is 41.0 Å². The normalized spacial score (nSPS) is 13.0. The molecule has 6 rings (SSSR count). The van der Waals surface area contributed by atoms with Crippen LogP contribution in [0, 0.1) is 11.6 Å². The topological polar surface area (TPSA) is 155 Å². The number of halogens is 9. The Morgan fingerprint density at radius 1 is 0.982 bits per heavy atom. The molecule has 1 unspecified atom stereocenters. The van der Waals surface area contributed by atoms with Gasteiger partial charge in [-0.3, -0.25) is 28.2 Å². The van der Waals surface area contributed by atoms with E-state index in [1.807, 2.05) is 0 Å². The Morgan fingerprint density at radius 3 is 2.29 bits per heavy atom. The number of fused-ring (bicyclic) bond motifs is 2. The van der Waals surface area contributed by atoms with Crippen molar-refractivity contribution < 1.29 is 53.1 Å². The summed E-state index contributed by atoms with van der Waals surface area (Å²) in [6.45, 7) is -0.826. The molecule has 0 saturated heterocycles. The predicted molar refractivity (Wildman–Crippen MR) is 180 cm³/mol. The third kappa shape index (κ3) is 8.64. The Kier molecular flexibility index (Phi) is 10.0. The van der Waals surface area contributed by atoms with Gasteiger partial charge in [0.2, 0.25) is 15.9 Å². The fourth-order valence-electron chi connectivity index (χ4n) is 5.79. The maximum absolute atomic E-state index is 14.5. The molecule has 0 aliphatic rings. The fraction of sp³-hybridized carbons (Fsp3) is 0.219. The summed E-state index contributed by atoms with van der Waals surface area (Å²) in [6.07, 6.45) is -8.82. The first-order valence-electron chi connectivity index (χ1n) is 15.4. The molecule has 0 aliphatic carbocycles. The Balaban J connectivity index is 1.61. The second-order valence-electron chi connectivity index (χ2n) is 12.0. The molecule has 55 heavy (non-hydrogen) atoms. The summed E-state index contributed by atoms with van der Waals surface area (Å²) in [6, 6.07) is 6.52. The molecule has 3 aromatic carbocycles. The van der Waals surface area contributed by atoms with Crippen LogP contribution in [-0.4, -0.2) is 56.1 Å². The van der Waals surface area contributed by atoms with Crippen LogP contribution < -0.4 is 20.3 Å². The second kappa shape index (κ2) is 14.1. The molecular formula is C32H23ClF8N8O5S. The first-order valence-corrected chi connectivity index (χ1v) is 17.6. The van der Waals surface area contributed by atoms with Crippen LogP contribution >= 0.6 is 11.6 Å². The minimum absolute atomic E-state index is 0.0380. The van der Waals surface area contributed by atoms with E-state index in [0.29, 0.717) is 16.8 Å². The molecule has 3 aromatic heterocycles. The zero-order valence-electron chi connectivity index (χ0n) is 27.8. The number of alkyl halides is 6. The van der Waals surface area contributed by atoms with Crippen molar-refractivity contribution >= 4 is 55.2 Å². The van der Waals surface area contributed by atoms with Crippen molar-refractivity contribution in [2.24, 2.45) is 7.05 Å². The van der Waals surface area contributed by atoms with Crippen molar-refractivity contribution in [2.45, 2.75) is 31.5 Å². The van der Waals surface area contributed by atoms with E-state index in [2.05, 4.69) is 30.0 Å². The van der Waals surface area contributed by atoms with Gasteiger partial charge >= 0.3 is 12.5 Å². The van der Waals surface area contributed by atoms with Gasteiger partial charge in [0.25, 0.3) is 5.56 Å². The summed E-state index contributed by atoms with van der Waals surface area (Å²) >= 11 is 6.48. The first-order chi connectivity index (χ1) is 25.6. The van der Waals surface area contributed by atoms with Gasteiger partial charge in [0.1, 0.15) is 29.8 Å². The SMILES string of the molecule is Cn1nc(NS(C)(=O)=O)c2c(Cl)ccc(-n3c(C(Cc4cc(F)cc(F)c4)NC(=O)Cn4ccc(C(F)(F)F)n4)nc4ccc(OC(F)(F)F)cc4c3=O)c21. The van der Waals surface area contributed by atoms with E-state index in [-0.39, 0.29) is 38.5 Å². The minimum Gasteiger partial charge on any atom is -0.406 e. The highest BCUT2D eigenvalue weighted by molar-refractivity contribution is 7.92. The van der Waals surface area contributed by atoms with E-state index >= 15 is 0 Å². The van der Waals surface area contributed by atoms with Crippen molar-refractivity contribution in [3.05, 3.63) is 105 Å². The average molecular weight is 819 g/mol. The summed E-state index contributed by atoms with van der Waals surface area (Å²) in [4.78, 5) is 32.5. The number of ether oxygens (including phenoxy) is 1. The number of aryl methyl sites for hydroxylation is 1. The van der Waals surface area contributed by atoms with Crippen LogP contribution in [0.25, 0.3) is 27.5 Å². The molecule has 2 N–H and O–H groups in total. The lowest BCUT2D eigenvalue weighted by Gasteiger charge is -2.24. The van der Waals surface area contributed by atoms with Gasteiger partial charge in [-0.15, -0.1) is 13.2 Å². The lowest BCUT2D eigenvalue weighted by Crippen LogP contribution is -2.37. The molecule has 6 aromatic rings. The standard InChI is InChI=1S/C32H23ClF8N8O5S/c1-47-27-23(6-4-20(33)26(27)28(45-47)46-55(2,52)53)49-29(43-21-5-3-18(54-32(39,40)41)13-19(21)30(49)51)22(11-15-9-16(34)12-17(35)10-15)42-25(50)14-48-8-7-24(44-48)31(36,37)38/h3-10,12-13,22H,11,14H2,1-2H3,(H,42,50)(H,45,46). The zero-order chi connectivity index (χ0) is 40.2. The second-order valence-corrected chi connectivity index (χ2v) is 14.1. The van der Waals surface area contributed by atoms with Gasteiger partial charge in [0.05, 0.1) is 44.8 Å². The maximum atomic E-state index is 14.5. The van der Waals surface area contributed by atoms with E-state index in [1.54, 1.807) is 0 Å². The molecule has 0 radical (unpaired) electrons. The highest BCUT2D eigenvalue weighted by Crippen LogP contribution is 2.36. The number of rotatable bonds is 10. The molecule has 3 heterocycles. The minimum atomic E-state index is -5.16. The third-order valence-corrected chi connectivity index (χ3v) is 8.66. The highest BCUT2D eigenvalue weighted by Gasteiger charge is 2.34.